The largest absolute Gasteiger partial charge is 0.334 e. The van der Waals surface area contributed by atoms with Crippen LogP contribution in [-0.4, -0.2) is 27.8 Å². The first-order valence-corrected chi connectivity index (χ1v) is 10.2. The first-order valence-electron chi connectivity index (χ1n) is 10.2. The zero-order chi connectivity index (χ0) is 21.1. The number of aryl methyl sites for hydroxylation is 1. The molecule has 8 nitrogen and oxygen atoms in total. The van der Waals surface area contributed by atoms with E-state index in [2.05, 4.69) is 38.5 Å². The summed E-state index contributed by atoms with van der Waals surface area (Å²) in [5.74, 6) is 0.475. The lowest BCUT2D eigenvalue weighted by Gasteiger charge is -2.31. The summed E-state index contributed by atoms with van der Waals surface area (Å²) in [7, 11) is 0. The van der Waals surface area contributed by atoms with Crippen molar-refractivity contribution in [1.82, 2.24) is 25.7 Å². The van der Waals surface area contributed by atoms with Crippen molar-refractivity contribution in [2.45, 2.75) is 45.6 Å². The minimum Gasteiger partial charge on any atom is -0.334 e. The molecule has 3 aromatic rings. The molecular formula is C22H26N6O2. The van der Waals surface area contributed by atoms with Crippen LogP contribution in [-0.2, 0) is 11.3 Å². The fourth-order valence-corrected chi connectivity index (χ4v) is 3.74. The summed E-state index contributed by atoms with van der Waals surface area (Å²) in [6.07, 6.45) is 0.762. The van der Waals surface area contributed by atoms with Gasteiger partial charge < -0.3 is 10.6 Å². The van der Waals surface area contributed by atoms with Gasteiger partial charge in [-0.2, -0.15) is 5.10 Å². The molecule has 1 fully saturated rings. The minimum atomic E-state index is -0.502. The number of carbonyl (C=O) groups is 2. The molecule has 1 aliphatic heterocycles. The van der Waals surface area contributed by atoms with Gasteiger partial charge in [-0.25, -0.2) is 9.48 Å². The topological polar surface area (TPSA) is 100 Å². The molecular weight excluding hydrogens is 380 g/mol. The van der Waals surface area contributed by atoms with Crippen LogP contribution in [0.15, 0.2) is 48.5 Å². The van der Waals surface area contributed by atoms with E-state index < -0.39 is 6.29 Å². The summed E-state index contributed by atoms with van der Waals surface area (Å²) in [6, 6.07) is 15.6. The van der Waals surface area contributed by atoms with E-state index >= 15 is 0 Å². The van der Waals surface area contributed by atoms with Gasteiger partial charge in [0.1, 0.15) is 5.82 Å². The molecule has 2 heterocycles. The van der Waals surface area contributed by atoms with Crippen LogP contribution in [0.1, 0.15) is 37.3 Å². The standard InChI is InChI=1S/C22H26N6O2/c1-3-17-12-20(29)26-21(24-17)28-19(11-14(2)27-28)25-22(30)23-13-16-9-6-8-15-7-4-5-10-18(15)16/h4-11,17,21,24H,3,12-13H2,1-2H3,(H,26,29)(H2,23,25,30). The van der Waals surface area contributed by atoms with Crippen molar-refractivity contribution in [1.29, 1.82) is 0 Å². The third kappa shape index (κ3) is 4.28. The average Bonchev–Trinajstić information content (AvgIpc) is 3.11. The molecule has 2 atom stereocenters. The smallest absolute Gasteiger partial charge is 0.320 e. The van der Waals surface area contributed by atoms with E-state index in [-0.39, 0.29) is 18.0 Å². The molecule has 1 aromatic heterocycles. The third-order valence-corrected chi connectivity index (χ3v) is 5.28. The van der Waals surface area contributed by atoms with E-state index in [1.54, 1.807) is 10.7 Å². The molecule has 0 bridgehead atoms. The number of rotatable bonds is 5. The first kappa shape index (κ1) is 19.9. The predicted octanol–water partition coefficient (Wildman–Crippen LogP) is 3.01. The van der Waals surface area contributed by atoms with Gasteiger partial charge in [-0.1, -0.05) is 49.4 Å². The van der Waals surface area contributed by atoms with Crippen LogP contribution < -0.4 is 21.3 Å². The maximum atomic E-state index is 12.6. The third-order valence-electron chi connectivity index (χ3n) is 5.28. The molecule has 2 aromatic carbocycles. The van der Waals surface area contributed by atoms with Crippen LogP contribution in [0, 0.1) is 6.92 Å². The van der Waals surface area contributed by atoms with Crippen molar-refractivity contribution in [2.75, 3.05) is 5.32 Å². The van der Waals surface area contributed by atoms with Crippen LogP contribution in [0.2, 0.25) is 0 Å². The second-order valence-electron chi connectivity index (χ2n) is 7.51. The van der Waals surface area contributed by atoms with Gasteiger partial charge in [0.25, 0.3) is 0 Å². The van der Waals surface area contributed by atoms with Crippen molar-refractivity contribution in [3.8, 4) is 0 Å². The number of hydrogen-bond acceptors (Lipinski definition) is 4. The molecule has 2 unspecified atom stereocenters. The fraction of sp³-hybridized carbons (Fsp3) is 0.318. The van der Waals surface area contributed by atoms with E-state index in [9.17, 15) is 9.59 Å². The summed E-state index contributed by atoms with van der Waals surface area (Å²) in [5.41, 5.74) is 1.79. The van der Waals surface area contributed by atoms with Gasteiger partial charge >= 0.3 is 6.03 Å². The van der Waals surface area contributed by atoms with Crippen molar-refractivity contribution in [3.63, 3.8) is 0 Å². The van der Waals surface area contributed by atoms with E-state index in [0.717, 1.165) is 28.5 Å². The van der Waals surface area contributed by atoms with Crippen LogP contribution in [0.4, 0.5) is 10.6 Å². The highest BCUT2D eigenvalue weighted by Crippen LogP contribution is 2.20. The number of carbonyl (C=O) groups excluding carboxylic acids is 2. The number of amides is 3. The second-order valence-corrected chi connectivity index (χ2v) is 7.51. The fourth-order valence-electron chi connectivity index (χ4n) is 3.74. The molecule has 1 aliphatic rings. The van der Waals surface area contributed by atoms with Gasteiger partial charge in [-0.05, 0) is 29.7 Å². The van der Waals surface area contributed by atoms with E-state index in [1.165, 1.54) is 0 Å². The molecule has 8 heteroatoms. The molecule has 4 N–H and O–H groups in total. The Morgan fingerprint density at radius 3 is 2.87 bits per heavy atom. The van der Waals surface area contributed by atoms with Crippen LogP contribution >= 0.6 is 0 Å². The number of urea groups is 1. The van der Waals surface area contributed by atoms with Crippen molar-refractivity contribution >= 4 is 28.5 Å². The second kappa shape index (κ2) is 8.54. The highest BCUT2D eigenvalue weighted by atomic mass is 16.2. The summed E-state index contributed by atoms with van der Waals surface area (Å²) in [5, 5.41) is 18.7. The molecule has 1 saturated heterocycles. The number of nitrogens with zero attached hydrogens (tertiary/aromatic N) is 2. The monoisotopic (exact) mass is 406 g/mol. The normalized spacial score (nSPS) is 18.8. The lowest BCUT2D eigenvalue weighted by molar-refractivity contribution is -0.125. The molecule has 30 heavy (non-hydrogen) atoms. The zero-order valence-corrected chi connectivity index (χ0v) is 17.1. The van der Waals surface area contributed by atoms with E-state index in [4.69, 9.17) is 0 Å². The van der Waals surface area contributed by atoms with Crippen molar-refractivity contribution in [2.24, 2.45) is 0 Å². The first-order chi connectivity index (χ1) is 14.5. The maximum Gasteiger partial charge on any atom is 0.320 e. The summed E-state index contributed by atoms with van der Waals surface area (Å²) in [6.45, 7) is 4.27. The molecule has 0 radical (unpaired) electrons. The Bertz CT molecular complexity index is 1070. The molecule has 0 aliphatic carbocycles. The summed E-state index contributed by atoms with van der Waals surface area (Å²) in [4.78, 5) is 24.6. The molecule has 156 valence electrons. The van der Waals surface area contributed by atoms with Gasteiger partial charge in [0.2, 0.25) is 5.91 Å². The molecule has 0 saturated carbocycles. The Hall–Kier alpha value is -3.39. The van der Waals surface area contributed by atoms with Gasteiger partial charge in [-0.15, -0.1) is 0 Å². The van der Waals surface area contributed by atoms with Gasteiger partial charge in [0.05, 0.1) is 5.69 Å². The SMILES string of the molecule is CCC1CC(=O)NC(n2nc(C)cc2NC(=O)NCc2cccc3ccccc23)N1. The Kier molecular flexibility index (Phi) is 5.67. The Labute approximate surface area is 175 Å². The highest BCUT2D eigenvalue weighted by Gasteiger charge is 2.28. The van der Waals surface area contributed by atoms with Gasteiger partial charge in [0, 0.05) is 25.1 Å². The van der Waals surface area contributed by atoms with Crippen molar-refractivity contribution in [3.05, 3.63) is 59.8 Å². The Morgan fingerprint density at radius 1 is 1.23 bits per heavy atom. The predicted molar refractivity (Wildman–Crippen MR) is 116 cm³/mol. The molecule has 0 spiro atoms. The summed E-state index contributed by atoms with van der Waals surface area (Å²) < 4.78 is 1.60. The van der Waals surface area contributed by atoms with Crippen LogP contribution in [0.5, 0.6) is 0 Å². The number of nitrogens with one attached hydrogen (secondary N) is 4. The minimum absolute atomic E-state index is 0.0369. The number of fused-ring (bicyclic) bond motifs is 1. The Morgan fingerprint density at radius 2 is 2.03 bits per heavy atom. The Balaban J connectivity index is 1.45. The zero-order valence-electron chi connectivity index (χ0n) is 17.1. The van der Waals surface area contributed by atoms with E-state index in [1.807, 2.05) is 44.2 Å². The number of anilines is 1. The quantitative estimate of drug-likeness (QED) is 0.523. The van der Waals surface area contributed by atoms with Crippen LogP contribution in [0.3, 0.4) is 0 Å². The summed E-state index contributed by atoms with van der Waals surface area (Å²) >= 11 is 0. The number of hydrogen-bond donors (Lipinski definition) is 4. The number of aromatic nitrogens is 2. The van der Waals surface area contributed by atoms with Gasteiger partial charge in [0.15, 0.2) is 6.29 Å². The lowest BCUT2D eigenvalue weighted by Crippen LogP contribution is -2.53. The van der Waals surface area contributed by atoms with Gasteiger partial charge in [-0.3, -0.25) is 15.4 Å². The van der Waals surface area contributed by atoms with Crippen molar-refractivity contribution < 1.29 is 9.59 Å². The number of benzene rings is 2. The lowest BCUT2D eigenvalue weighted by atomic mass is 10.0. The maximum absolute atomic E-state index is 12.6. The average molecular weight is 406 g/mol. The van der Waals surface area contributed by atoms with E-state index in [0.29, 0.717) is 18.8 Å². The molecule has 4 rings (SSSR count). The van der Waals surface area contributed by atoms with Crippen LogP contribution in [0.25, 0.3) is 10.8 Å². The molecule has 3 amide bonds. The highest BCUT2D eigenvalue weighted by molar-refractivity contribution is 5.90.